The average molecular weight is 342 g/mol. The molecule has 2 N–H and O–H groups in total. The van der Waals surface area contributed by atoms with Gasteiger partial charge in [0.15, 0.2) is 17.3 Å². The van der Waals surface area contributed by atoms with E-state index in [1.165, 1.54) is 6.42 Å². The maximum Gasteiger partial charge on any atom is 0.248 e. The largest absolute Gasteiger partial charge is 0.493 e. The third-order valence-corrected chi connectivity index (χ3v) is 4.48. The number of ether oxygens (including phenoxy) is 2. The van der Waals surface area contributed by atoms with E-state index in [1.807, 2.05) is 32.0 Å². The Morgan fingerprint density at radius 1 is 1.20 bits per heavy atom. The molecule has 2 heterocycles. The number of benzene rings is 1. The fourth-order valence-corrected chi connectivity index (χ4v) is 3.21. The Hall–Kier alpha value is -2.50. The van der Waals surface area contributed by atoms with Crippen molar-refractivity contribution in [3.63, 3.8) is 0 Å². The molecule has 0 aliphatic carbocycles. The van der Waals surface area contributed by atoms with Gasteiger partial charge in [-0.25, -0.2) is 4.98 Å². The molecule has 1 aliphatic rings. The summed E-state index contributed by atoms with van der Waals surface area (Å²) < 4.78 is 11.4. The summed E-state index contributed by atoms with van der Waals surface area (Å²) >= 11 is 0. The molecule has 6 heteroatoms. The van der Waals surface area contributed by atoms with Crippen molar-refractivity contribution in [2.45, 2.75) is 33.6 Å². The number of nitrogens with zero attached hydrogens (tertiary/aromatic N) is 3. The predicted molar refractivity (Wildman–Crippen MR) is 99.6 cm³/mol. The third kappa shape index (κ3) is 3.78. The summed E-state index contributed by atoms with van der Waals surface area (Å²) in [7, 11) is 1.62. The standard InChI is InChI=1S/C19H26N4O2/c1-12-7-8-15(16(10-12)24-4)25-19-17(20)18(21-14(3)22-19)23-9-5-6-13(2)11-23/h7-8,10,13H,5-6,9,11,20H2,1-4H3/t13-/m1/s1. The van der Waals surface area contributed by atoms with Crippen LogP contribution >= 0.6 is 0 Å². The fourth-order valence-electron chi connectivity index (χ4n) is 3.21. The minimum absolute atomic E-state index is 0.378. The molecule has 2 aromatic rings. The van der Waals surface area contributed by atoms with Gasteiger partial charge in [0.1, 0.15) is 11.5 Å². The fraction of sp³-hybridized carbons (Fsp3) is 0.474. The van der Waals surface area contributed by atoms with Crippen molar-refractivity contribution in [3.8, 4) is 17.4 Å². The lowest BCUT2D eigenvalue weighted by Gasteiger charge is -2.32. The van der Waals surface area contributed by atoms with Crippen molar-refractivity contribution in [1.82, 2.24) is 9.97 Å². The first kappa shape index (κ1) is 17.3. The number of nitrogen functional groups attached to an aromatic ring is 1. The molecule has 0 amide bonds. The highest BCUT2D eigenvalue weighted by Crippen LogP contribution is 2.37. The molecule has 1 aromatic heterocycles. The predicted octanol–water partition coefficient (Wildman–Crippen LogP) is 3.71. The van der Waals surface area contributed by atoms with Crippen molar-refractivity contribution in [2.24, 2.45) is 5.92 Å². The zero-order valence-electron chi connectivity index (χ0n) is 15.4. The molecule has 1 saturated heterocycles. The number of nitrogens with two attached hydrogens (primary N) is 1. The minimum atomic E-state index is 0.378. The van der Waals surface area contributed by atoms with Crippen molar-refractivity contribution in [2.75, 3.05) is 30.8 Å². The van der Waals surface area contributed by atoms with Crippen molar-refractivity contribution in [3.05, 3.63) is 29.6 Å². The van der Waals surface area contributed by atoms with Gasteiger partial charge in [-0.05, 0) is 50.3 Å². The minimum Gasteiger partial charge on any atom is -0.493 e. The Balaban J connectivity index is 1.94. The summed E-state index contributed by atoms with van der Waals surface area (Å²) in [5, 5.41) is 0. The Morgan fingerprint density at radius 2 is 2.00 bits per heavy atom. The van der Waals surface area contributed by atoms with E-state index in [0.29, 0.717) is 34.8 Å². The van der Waals surface area contributed by atoms with Crippen LogP contribution < -0.4 is 20.1 Å². The van der Waals surface area contributed by atoms with Crippen LogP contribution in [0.5, 0.6) is 17.4 Å². The lowest BCUT2D eigenvalue weighted by molar-refractivity contribution is 0.373. The number of methoxy groups -OCH3 is 1. The lowest BCUT2D eigenvalue weighted by atomic mass is 10.0. The second-order valence-electron chi connectivity index (χ2n) is 6.76. The number of anilines is 2. The molecular formula is C19H26N4O2. The molecular weight excluding hydrogens is 316 g/mol. The molecule has 1 aromatic carbocycles. The van der Waals surface area contributed by atoms with Crippen LogP contribution in [-0.2, 0) is 0 Å². The Labute approximate surface area is 149 Å². The van der Waals surface area contributed by atoms with Gasteiger partial charge in [0.05, 0.1) is 7.11 Å². The summed E-state index contributed by atoms with van der Waals surface area (Å²) in [5.41, 5.74) is 7.94. The van der Waals surface area contributed by atoms with Crippen LogP contribution in [-0.4, -0.2) is 30.2 Å². The van der Waals surface area contributed by atoms with E-state index in [9.17, 15) is 0 Å². The molecule has 6 nitrogen and oxygen atoms in total. The second kappa shape index (κ2) is 7.17. The highest BCUT2D eigenvalue weighted by Gasteiger charge is 2.23. The molecule has 1 atom stereocenters. The van der Waals surface area contributed by atoms with E-state index in [0.717, 1.165) is 30.9 Å². The van der Waals surface area contributed by atoms with E-state index in [1.54, 1.807) is 7.11 Å². The number of hydrogen-bond acceptors (Lipinski definition) is 6. The molecule has 3 rings (SSSR count). The molecule has 0 radical (unpaired) electrons. The number of aryl methyl sites for hydroxylation is 2. The van der Waals surface area contributed by atoms with Crippen LogP contribution in [0, 0.1) is 19.8 Å². The molecule has 0 saturated carbocycles. The summed E-state index contributed by atoms with van der Waals surface area (Å²) in [5.74, 6) is 3.66. The smallest absolute Gasteiger partial charge is 0.248 e. The molecule has 25 heavy (non-hydrogen) atoms. The molecule has 0 spiro atoms. The quantitative estimate of drug-likeness (QED) is 0.913. The number of rotatable bonds is 4. The summed E-state index contributed by atoms with van der Waals surface area (Å²) in [6, 6.07) is 5.76. The van der Waals surface area contributed by atoms with E-state index in [2.05, 4.69) is 21.8 Å². The van der Waals surface area contributed by atoms with Gasteiger partial charge in [-0.1, -0.05) is 13.0 Å². The first-order chi connectivity index (χ1) is 12.0. The molecule has 0 unspecified atom stereocenters. The van der Waals surface area contributed by atoms with E-state index in [4.69, 9.17) is 15.2 Å². The zero-order chi connectivity index (χ0) is 18.0. The zero-order valence-corrected chi connectivity index (χ0v) is 15.4. The van der Waals surface area contributed by atoms with Gasteiger partial charge in [-0.3, -0.25) is 0 Å². The van der Waals surface area contributed by atoms with Crippen LogP contribution in [0.3, 0.4) is 0 Å². The first-order valence-electron chi connectivity index (χ1n) is 8.69. The van der Waals surface area contributed by atoms with Crippen LogP contribution in [0.15, 0.2) is 18.2 Å². The SMILES string of the molecule is COc1cc(C)ccc1Oc1nc(C)nc(N2CCC[C@@H](C)C2)c1N. The normalized spacial score (nSPS) is 17.4. The molecule has 1 aliphatic heterocycles. The summed E-state index contributed by atoms with van der Waals surface area (Å²) in [6.07, 6.45) is 2.38. The van der Waals surface area contributed by atoms with Gasteiger partial charge in [0.25, 0.3) is 0 Å². The highest BCUT2D eigenvalue weighted by molar-refractivity contribution is 5.69. The molecule has 0 bridgehead atoms. The Kier molecular flexibility index (Phi) is 4.97. The van der Waals surface area contributed by atoms with Gasteiger partial charge in [-0.15, -0.1) is 0 Å². The summed E-state index contributed by atoms with van der Waals surface area (Å²) in [6.45, 7) is 8.03. The van der Waals surface area contributed by atoms with Crippen LogP contribution in [0.4, 0.5) is 11.5 Å². The maximum absolute atomic E-state index is 6.37. The average Bonchev–Trinajstić information content (AvgIpc) is 2.59. The van der Waals surface area contributed by atoms with Crippen molar-refractivity contribution in [1.29, 1.82) is 0 Å². The van der Waals surface area contributed by atoms with Gasteiger partial charge >= 0.3 is 0 Å². The Morgan fingerprint density at radius 3 is 2.72 bits per heavy atom. The maximum atomic E-state index is 6.37. The molecule has 134 valence electrons. The number of hydrogen-bond donors (Lipinski definition) is 1. The van der Waals surface area contributed by atoms with Crippen LogP contribution in [0.25, 0.3) is 0 Å². The van der Waals surface area contributed by atoms with E-state index in [-0.39, 0.29) is 0 Å². The van der Waals surface area contributed by atoms with E-state index < -0.39 is 0 Å². The molecule has 1 fully saturated rings. The number of aromatic nitrogens is 2. The second-order valence-corrected chi connectivity index (χ2v) is 6.76. The topological polar surface area (TPSA) is 73.5 Å². The van der Waals surface area contributed by atoms with E-state index >= 15 is 0 Å². The van der Waals surface area contributed by atoms with Gasteiger partial charge < -0.3 is 20.1 Å². The first-order valence-corrected chi connectivity index (χ1v) is 8.69. The Bertz CT molecular complexity index is 763. The van der Waals surface area contributed by atoms with Crippen molar-refractivity contribution < 1.29 is 9.47 Å². The third-order valence-electron chi connectivity index (χ3n) is 4.48. The van der Waals surface area contributed by atoms with Gasteiger partial charge in [0.2, 0.25) is 5.88 Å². The lowest BCUT2D eigenvalue weighted by Crippen LogP contribution is -2.35. The van der Waals surface area contributed by atoms with Crippen LogP contribution in [0.1, 0.15) is 31.2 Å². The summed E-state index contributed by atoms with van der Waals surface area (Å²) in [4.78, 5) is 11.2. The van der Waals surface area contributed by atoms with Gasteiger partial charge in [-0.2, -0.15) is 4.98 Å². The van der Waals surface area contributed by atoms with Crippen molar-refractivity contribution >= 4 is 11.5 Å². The highest BCUT2D eigenvalue weighted by atomic mass is 16.5. The monoisotopic (exact) mass is 342 g/mol. The number of piperidine rings is 1. The van der Waals surface area contributed by atoms with Crippen LogP contribution in [0.2, 0.25) is 0 Å². The van der Waals surface area contributed by atoms with Gasteiger partial charge in [0, 0.05) is 13.1 Å².